The Bertz CT molecular complexity index is 908. The number of nitrogens with zero attached hydrogens (tertiary/aromatic N) is 1. The topological polar surface area (TPSA) is 48.0 Å². The number of anilines is 1. The maximum Gasteiger partial charge on any atom is 0.270 e. The first-order valence-corrected chi connectivity index (χ1v) is 9.28. The summed E-state index contributed by atoms with van der Waals surface area (Å²) in [5.41, 5.74) is 1.59. The predicted molar refractivity (Wildman–Crippen MR) is 106 cm³/mol. The molecule has 2 aliphatic rings. The molecule has 1 amide bonds. The van der Waals surface area contributed by atoms with Crippen molar-refractivity contribution >= 4 is 46.0 Å². The van der Waals surface area contributed by atoms with Gasteiger partial charge in [0.2, 0.25) is 6.79 Å². The quantitative estimate of drug-likeness (QED) is 0.580. The minimum absolute atomic E-state index is 0.146. The molecule has 26 heavy (non-hydrogen) atoms. The Hall–Kier alpha value is -2.51. The molecule has 0 saturated carbocycles. The molecular weight excluding hydrogens is 370 g/mol. The largest absolute Gasteiger partial charge is 0.494 e. The van der Waals surface area contributed by atoms with Crippen LogP contribution in [0.3, 0.4) is 0 Å². The zero-order chi connectivity index (χ0) is 18.1. The third-order valence-corrected chi connectivity index (χ3v) is 5.20. The van der Waals surface area contributed by atoms with E-state index in [0.29, 0.717) is 33.0 Å². The van der Waals surface area contributed by atoms with Gasteiger partial charge >= 0.3 is 0 Å². The lowest BCUT2D eigenvalue weighted by Crippen LogP contribution is -2.27. The maximum atomic E-state index is 12.8. The van der Waals surface area contributed by atoms with Gasteiger partial charge in [0.1, 0.15) is 5.75 Å². The zero-order valence-electron chi connectivity index (χ0n) is 13.9. The van der Waals surface area contributed by atoms with E-state index in [2.05, 4.69) is 0 Å². The first-order chi connectivity index (χ1) is 12.7. The van der Waals surface area contributed by atoms with Gasteiger partial charge in [0.25, 0.3) is 5.91 Å². The van der Waals surface area contributed by atoms with E-state index in [-0.39, 0.29) is 12.7 Å². The average molecular weight is 385 g/mol. The van der Waals surface area contributed by atoms with Crippen LogP contribution in [-0.2, 0) is 4.79 Å². The fourth-order valence-corrected chi connectivity index (χ4v) is 3.99. The molecule has 0 N–H and O–H groups in total. The molecule has 2 aromatic carbocycles. The minimum atomic E-state index is -0.146. The molecule has 0 unspecified atom stereocenters. The van der Waals surface area contributed by atoms with Gasteiger partial charge in [-0.2, -0.15) is 0 Å². The Labute approximate surface area is 160 Å². The van der Waals surface area contributed by atoms with Gasteiger partial charge in [0.05, 0.1) is 17.2 Å². The molecule has 0 radical (unpaired) electrons. The highest BCUT2D eigenvalue weighted by molar-refractivity contribution is 8.27. The standard InChI is InChI=1S/C19H15NO4S2/c1-2-22-14-6-3-12(4-7-14)9-17-18(21)20(19(25)26-17)13-5-8-15-16(10-13)24-11-23-15/h3-10H,2,11H2,1H3/b17-9+. The maximum absolute atomic E-state index is 12.8. The second-order valence-corrected chi connectivity index (χ2v) is 7.23. The summed E-state index contributed by atoms with van der Waals surface area (Å²) in [6.07, 6.45) is 1.84. The monoisotopic (exact) mass is 385 g/mol. The van der Waals surface area contributed by atoms with Gasteiger partial charge in [-0.3, -0.25) is 9.69 Å². The number of hydrogen-bond acceptors (Lipinski definition) is 6. The molecule has 0 bridgehead atoms. The predicted octanol–water partition coefficient (Wildman–Crippen LogP) is 4.22. The van der Waals surface area contributed by atoms with Crippen LogP contribution in [0.1, 0.15) is 12.5 Å². The highest BCUT2D eigenvalue weighted by atomic mass is 32.2. The first kappa shape index (κ1) is 16.9. The third kappa shape index (κ3) is 3.15. The number of carbonyl (C=O) groups excluding carboxylic acids is 1. The van der Waals surface area contributed by atoms with Gasteiger partial charge in [-0.25, -0.2) is 0 Å². The van der Waals surface area contributed by atoms with Crippen LogP contribution < -0.4 is 19.1 Å². The summed E-state index contributed by atoms with van der Waals surface area (Å²) >= 11 is 6.70. The fraction of sp³-hybridized carbons (Fsp3) is 0.158. The van der Waals surface area contributed by atoms with Crippen LogP contribution in [0, 0.1) is 0 Å². The number of thioether (sulfide) groups is 1. The number of amides is 1. The Morgan fingerprint density at radius 3 is 2.73 bits per heavy atom. The summed E-state index contributed by atoms with van der Waals surface area (Å²) in [4.78, 5) is 14.9. The van der Waals surface area contributed by atoms with Crippen molar-refractivity contribution < 1.29 is 19.0 Å². The van der Waals surface area contributed by atoms with E-state index >= 15 is 0 Å². The Morgan fingerprint density at radius 2 is 1.96 bits per heavy atom. The molecule has 0 atom stereocenters. The summed E-state index contributed by atoms with van der Waals surface area (Å²) < 4.78 is 16.6. The molecule has 5 nitrogen and oxygen atoms in total. The van der Waals surface area contributed by atoms with Gasteiger partial charge in [-0.1, -0.05) is 36.1 Å². The normalized spacial score (nSPS) is 17.3. The Kier molecular flexibility index (Phi) is 4.57. The van der Waals surface area contributed by atoms with E-state index in [4.69, 9.17) is 26.4 Å². The van der Waals surface area contributed by atoms with Crippen molar-refractivity contribution in [2.45, 2.75) is 6.92 Å². The van der Waals surface area contributed by atoms with Gasteiger partial charge in [0.15, 0.2) is 15.8 Å². The summed E-state index contributed by atoms with van der Waals surface area (Å²) in [6.45, 7) is 2.75. The molecule has 2 aliphatic heterocycles. The van der Waals surface area contributed by atoms with Crippen molar-refractivity contribution in [3.05, 3.63) is 52.9 Å². The Morgan fingerprint density at radius 1 is 1.19 bits per heavy atom. The van der Waals surface area contributed by atoms with Gasteiger partial charge in [-0.05, 0) is 42.8 Å². The van der Waals surface area contributed by atoms with Crippen LogP contribution in [0.2, 0.25) is 0 Å². The highest BCUT2D eigenvalue weighted by Crippen LogP contribution is 2.40. The van der Waals surface area contributed by atoms with Crippen molar-refractivity contribution in [2.24, 2.45) is 0 Å². The van der Waals surface area contributed by atoms with E-state index in [1.54, 1.807) is 18.2 Å². The SMILES string of the molecule is CCOc1ccc(/C=C2/SC(=S)N(c3ccc4c(c3)OCO4)C2=O)cc1. The number of hydrogen-bond donors (Lipinski definition) is 0. The number of fused-ring (bicyclic) bond motifs is 1. The molecule has 4 rings (SSSR count). The van der Waals surface area contributed by atoms with E-state index in [1.807, 2.05) is 37.3 Å². The number of rotatable bonds is 4. The van der Waals surface area contributed by atoms with Crippen molar-refractivity contribution in [1.82, 2.24) is 0 Å². The fourth-order valence-electron chi connectivity index (χ4n) is 2.69. The summed E-state index contributed by atoms with van der Waals surface area (Å²) in [7, 11) is 0. The number of thiocarbonyl (C=S) groups is 1. The van der Waals surface area contributed by atoms with Crippen LogP contribution in [0.4, 0.5) is 5.69 Å². The second-order valence-electron chi connectivity index (χ2n) is 5.56. The molecule has 2 aromatic rings. The third-order valence-electron chi connectivity index (χ3n) is 3.90. The molecule has 2 heterocycles. The van der Waals surface area contributed by atoms with Crippen molar-refractivity contribution in [3.8, 4) is 17.2 Å². The Balaban J connectivity index is 1.58. The summed E-state index contributed by atoms with van der Waals surface area (Å²) in [5, 5.41) is 0. The van der Waals surface area contributed by atoms with Crippen molar-refractivity contribution in [2.75, 3.05) is 18.3 Å². The van der Waals surface area contributed by atoms with E-state index < -0.39 is 0 Å². The summed E-state index contributed by atoms with van der Waals surface area (Å²) in [5.74, 6) is 1.95. The van der Waals surface area contributed by atoms with Crippen LogP contribution >= 0.6 is 24.0 Å². The van der Waals surface area contributed by atoms with Crippen molar-refractivity contribution in [3.63, 3.8) is 0 Å². The molecule has 7 heteroatoms. The van der Waals surface area contributed by atoms with Crippen LogP contribution in [-0.4, -0.2) is 23.6 Å². The molecule has 0 aromatic heterocycles. The van der Waals surface area contributed by atoms with Crippen LogP contribution in [0.5, 0.6) is 17.2 Å². The van der Waals surface area contributed by atoms with E-state index in [1.165, 1.54) is 16.7 Å². The second kappa shape index (κ2) is 7.01. The van der Waals surface area contributed by atoms with Crippen LogP contribution in [0.15, 0.2) is 47.4 Å². The van der Waals surface area contributed by atoms with Crippen LogP contribution in [0.25, 0.3) is 6.08 Å². The summed E-state index contributed by atoms with van der Waals surface area (Å²) in [6, 6.07) is 13.0. The lowest BCUT2D eigenvalue weighted by molar-refractivity contribution is -0.113. The number of ether oxygens (including phenoxy) is 3. The molecule has 132 valence electrons. The average Bonchev–Trinajstić information content (AvgIpc) is 3.21. The lowest BCUT2D eigenvalue weighted by atomic mass is 10.2. The molecule has 0 spiro atoms. The molecular formula is C19H15NO4S2. The molecule has 1 fully saturated rings. The number of carbonyl (C=O) groups is 1. The van der Waals surface area contributed by atoms with E-state index in [9.17, 15) is 4.79 Å². The van der Waals surface area contributed by atoms with E-state index in [0.717, 1.165) is 11.3 Å². The van der Waals surface area contributed by atoms with Gasteiger partial charge < -0.3 is 14.2 Å². The highest BCUT2D eigenvalue weighted by Gasteiger charge is 2.34. The van der Waals surface area contributed by atoms with Crippen molar-refractivity contribution in [1.29, 1.82) is 0 Å². The first-order valence-electron chi connectivity index (χ1n) is 8.06. The lowest BCUT2D eigenvalue weighted by Gasteiger charge is -2.14. The van der Waals surface area contributed by atoms with Gasteiger partial charge in [-0.15, -0.1) is 0 Å². The smallest absolute Gasteiger partial charge is 0.270 e. The molecule has 0 aliphatic carbocycles. The number of benzene rings is 2. The molecule has 1 saturated heterocycles. The minimum Gasteiger partial charge on any atom is -0.494 e. The van der Waals surface area contributed by atoms with Gasteiger partial charge in [0, 0.05) is 6.07 Å². The zero-order valence-corrected chi connectivity index (χ0v) is 15.6.